The molecule has 1 aliphatic rings. The van der Waals surface area contributed by atoms with Crippen LogP contribution in [0.5, 0.6) is 0 Å². The molecule has 13 heavy (non-hydrogen) atoms. The molecule has 0 radical (unpaired) electrons. The summed E-state index contributed by atoms with van der Waals surface area (Å²) in [7, 11) is 0. The van der Waals surface area contributed by atoms with Crippen LogP contribution in [0.15, 0.2) is 0 Å². The van der Waals surface area contributed by atoms with Gasteiger partial charge in [0.1, 0.15) is 0 Å². The third-order valence-corrected chi connectivity index (χ3v) is 2.19. The van der Waals surface area contributed by atoms with Gasteiger partial charge in [-0.15, -0.1) is 24.8 Å². The van der Waals surface area contributed by atoms with Gasteiger partial charge in [-0.1, -0.05) is 0 Å². The van der Waals surface area contributed by atoms with E-state index in [0.717, 1.165) is 0 Å². The predicted octanol–water partition coefficient (Wildman–Crippen LogP) is 1.42. The van der Waals surface area contributed by atoms with Gasteiger partial charge in [0.05, 0.1) is 0 Å². The molecule has 0 aromatic carbocycles. The molecule has 2 nitrogen and oxygen atoms in total. The lowest BCUT2D eigenvalue weighted by atomic mass is 9.97. The van der Waals surface area contributed by atoms with Gasteiger partial charge in [-0.2, -0.15) is 0 Å². The quantitative estimate of drug-likeness (QED) is 0.723. The molecule has 1 aliphatic heterocycles. The summed E-state index contributed by atoms with van der Waals surface area (Å²) >= 11 is 0. The fourth-order valence-corrected chi connectivity index (χ4v) is 1.36. The zero-order valence-corrected chi connectivity index (χ0v) is 8.90. The van der Waals surface area contributed by atoms with Crippen molar-refractivity contribution in [1.29, 1.82) is 0 Å². The van der Waals surface area contributed by atoms with E-state index < -0.39 is 11.8 Å². The van der Waals surface area contributed by atoms with E-state index in [9.17, 15) is 8.78 Å². The molecule has 0 amide bonds. The molecule has 0 aromatic heterocycles. The fourth-order valence-electron chi connectivity index (χ4n) is 1.36. The summed E-state index contributed by atoms with van der Waals surface area (Å²) in [6.07, 6.45) is 0.415. The van der Waals surface area contributed by atoms with Crippen molar-refractivity contribution in [2.45, 2.75) is 18.8 Å². The van der Waals surface area contributed by atoms with Crippen LogP contribution in [0.25, 0.3) is 0 Å². The number of nitrogens with two attached hydrogens (primary N) is 1. The number of rotatable bonds is 1. The van der Waals surface area contributed by atoms with Gasteiger partial charge in [-0.3, -0.25) is 0 Å². The molecule has 0 bridgehead atoms. The molecule has 1 rings (SSSR count). The Labute approximate surface area is 89.5 Å². The van der Waals surface area contributed by atoms with Gasteiger partial charge in [-0.05, 0) is 13.0 Å². The van der Waals surface area contributed by atoms with Gasteiger partial charge in [0.2, 0.25) is 0 Å². The first-order chi connectivity index (χ1) is 5.17. The molecule has 1 heterocycles. The number of nitrogens with one attached hydrogen (secondary N) is 1. The van der Waals surface area contributed by atoms with Crippen molar-refractivity contribution >= 4 is 24.8 Å². The molecule has 3 N–H and O–H groups in total. The van der Waals surface area contributed by atoms with Crippen molar-refractivity contribution in [3.8, 4) is 0 Å². The van der Waals surface area contributed by atoms with Crippen molar-refractivity contribution in [2.75, 3.05) is 19.6 Å². The average Bonchev–Trinajstić information content (AvgIpc) is 2.10. The second kappa shape index (κ2) is 6.76. The van der Waals surface area contributed by atoms with Crippen LogP contribution in [-0.2, 0) is 0 Å². The summed E-state index contributed by atoms with van der Waals surface area (Å²) in [5, 5.41) is 2.93. The Morgan fingerprint density at radius 3 is 2.46 bits per heavy atom. The van der Waals surface area contributed by atoms with Crippen molar-refractivity contribution in [2.24, 2.45) is 11.7 Å². The Balaban J connectivity index is 0. The van der Waals surface area contributed by atoms with Crippen LogP contribution >= 0.6 is 24.8 Å². The van der Waals surface area contributed by atoms with Crippen LogP contribution in [0.3, 0.4) is 0 Å². The van der Waals surface area contributed by atoms with Gasteiger partial charge in [0.15, 0.2) is 0 Å². The molecule has 1 fully saturated rings. The highest BCUT2D eigenvalue weighted by molar-refractivity contribution is 5.85. The Hall–Kier alpha value is 0.360. The van der Waals surface area contributed by atoms with Gasteiger partial charge < -0.3 is 11.1 Å². The predicted molar refractivity (Wildman–Crippen MR) is 54.1 cm³/mol. The van der Waals surface area contributed by atoms with E-state index in [1.165, 1.54) is 0 Å². The summed E-state index contributed by atoms with van der Waals surface area (Å²) < 4.78 is 26.0. The van der Waals surface area contributed by atoms with E-state index in [2.05, 4.69) is 5.32 Å². The molecule has 0 spiro atoms. The van der Waals surface area contributed by atoms with Crippen LogP contribution in [0.2, 0.25) is 0 Å². The molecule has 1 saturated heterocycles. The second-order valence-electron chi connectivity index (χ2n) is 2.98. The van der Waals surface area contributed by atoms with Crippen molar-refractivity contribution < 1.29 is 8.78 Å². The van der Waals surface area contributed by atoms with Crippen LogP contribution in [0.1, 0.15) is 12.8 Å². The van der Waals surface area contributed by atoms with Gasteiger partial charge in [-0.25, -0.2) is 8.78 Å². The molecule has 0 aliphatic carbocycles. The monoisotopic (exact) mass is 236 g/mol. The average molecular weight is 237 g/mol. The smallest absolute Gasteiger partial charge is 0.253 e. The van der Waals surface area contributed by atoms with Crippen molar-refractivity contribution in [3.05, 3.63) is 0 Å². The molecular weight excluding hydrogens is 221 g/mol. The molecule has 1 atom stereocenters. The third-order valence-electron chi connectivity index (χ3n) is 2.19. The number of hydrogen-bond donors (Lipinski definition) is 2. The van der Waals surface area contributed by atoms with Crippen molar-refractivity contribution in [1.82, 2.24) is 5.32 Å². The lowest BCUT2D eigenvalue weighted by molar-refractivity contribution is -0.0567. The zero-order valence-electron chi connectivity index (χ0n) is 7.26. The van der Waals surface area contributed by atoms with Gasteiger partial charge >= 0.3 is 0 Å². The Morgan fingerprint density at radius 1 is 1.31 bits per heavy atom. The maximum Gasteiger partial charge on any atom is 0.253 e. The highest BCUT2D eigenvalue weighted by Crippen LogP contribution is 2.30. The minimum atomic E-state index is -2.56. The molecule has 0 aromatic rings. The fraction of sp³-hybridized carbons (Fsp3) is 1.00. The molecule has 0 saturated carbocycles. The first-order valence-electron chi connectivity index (χ1n) is 3.95. The summed E-state index contributed by atoms with van der Waals surface area (Å²) in [5.41, 5.74) is 5.24. The van der Waals surface area contributed by atoms with E-state index in [4.69, 9.17) is 5.73 Å². The largest absolute Gasteiger partial charge is 0.330 e. The van der Waals surface area contributed by atoms with E-state index in [1.54, 1.807) is 0 Å². The van der Waals surface area contributed by atoms with E-state index >= 15 is 0 Å². The van der Waals surface area contributed by atoms with E-state index in [1.807, 2.05) is 0 Å². The minimum Gasteiger partial charge on any atom is -0.330 e. The molecular formula is C7H16Cl2F2N2. The first kappa shape index (κ1) is 15.8. The van der Waals surface area contributed by atoms with Gasteiger partial charge in [0.25, 0.3) is 5.92 Å². The SMILES string of the molecule is Cl.Cl.NCC1CCNCCC1(F)F. The maximum atomic E-state index is 13.0. The highest BCUT2D eigenvalue weighted by atomic mass is 35.5. The Bertz CT molecular complexity index is 136. The lowest BCUT2D eigenvalue weighted by Crippen LogP contribution is -2.33. The molecule has 6 heteroatoms. The number of hydrogen-bond acceptors (Lipinski definition) is 2. The van der Waals surface area contributed by atoms with Gasteiger partial charge in [0, 0.05) is 25.4 Å². The third kappa shape index (κ3) is 4.40. The summed E-state index contributed by atoms with van der Waals surface area (Å²) in [6.45, 7) is 1.16. The second-order valence-corrected chi connectivity index (χ2v) is 2.98. The normalized spacial score (nSPS) is 26.5. The zero-order chi connectivity index (χ0) is 8.32. The van der Waals surface area contributed by atoms with Crippen LogP contribution in [0, 0.1) is 5.92 Å². The maximum absolute atomic E-state index is 13.0. The standard InChI is InChI=1S/C7H14F2N2.2ClH/c8-7(9)2-4-11-3-1-6(7)5-10;;/h6,11H,1-5,10H2;2*1H. The van der Waals surface area contributed by atoms with Crippen molar-refractivity contribution in [3.63, 3.8) is 0 Å². The summed E-state index contributed by atoms with van der Waals surface area (Å²) in [4.78, 5) is 0. The molecule has 82 valence electrons. The van der Waals surface area contributed by atoms with E-state index in [-0.39, 0.29) is 37.8 Å². The lowest BCUT2D eigenvalue weighted by Gasteiger charge is -2.22. The summed E-state index contributed by atoms with van der Waals surface area (Å²) in [6, 6.07) is 0. The number of alkyl halides is 2. The van der Waals surface area contributed by atoms with Crippen LogP contribution in [0.4, 0.5) is 8.78 Å². The summed E-state index contributed by atoms with van der Waals surface area (Å²) in [5.74, 6) is -3.18. The van der Waals surface area contributed by atoms with E-state index in [0.29, 0.717) is 19.5 Å². The topological polar surface area (TPSA) is 38.0 Å². The Morgan fingerprint density at radius 2 is 1.92 bits per heavy atom. The highest BCUT2D eigenvalue weighted by Gasteiger charge is 2.38. The van der Waals surface area contributed by atoms with Crippen LogP contribution < -0.4 is 11.1 Å². The first-order valence-corrected chi connectivity index (χ1v) is 3.95. The van der Waals surface area contributed by atoms with Crippen LogP contribution in [-0.4, -0.2) is 25.6 Å². The minimum absolute atomic E-state index is 0. The molecule has 1 unspecified atom stereocenters. The Kier molecular flexibility index (Phi) is 8.23. The number of halogens is 4.